The van der Waals surface area contributed by atoms with Crippen molar-refractivity contribution in [1.29, 1.82) is 5.26 Å². The fourth-order valence-electron chi connectivity index (χ4n) is 3.25. The van der Waals surface area contributed by atoms with Gasteiger partial charge in [0.25, 0.3) is 12.3 Å². The third-order valence-electron chi connectivity index (χ3n) is 5.31. The van der Waals surface area contributed by atoms with Gasteiger partial charge < -0.3 is 21.5 Å². The van der Waals surface area contributed by atoms with E-state index in [0.717, 1.165) is 24.6 Å². The normalized spacial score (nSPS) is 16.5. The van der Waals surface area contributed by atoms with Crippen LogP contribution in [0.15, 0.2) is 71.8 Å². The van der Waals surface area contributed by atoms with Crippen LogP contribution in [0, 0.1) is 17.2 Å². The lowest BCUT2D eigenvalue weighted by molar-refractivity contribution is 0.100. The van der Waals surface area contributed by atoms with Gasteiger partial charge in [-0.05, 0) is 43.0 Å². The smallest absolute Gasteiger partial charge is 0.280 e. The maximum Gasteiger partial charge on any atom is 0.280 e. The Kier molecular flexibility index (Phi) is 15.9. The highest BCUT2D eigenvalue weighted by Crippen LogP contribution is 2.36. The number of hydrogen-bond donors (Lipinski definition) is 3. The van der Waals surface area contributed by atoms with Crippen LogP contribution in [0.3, 0.4) is 0 Å². The number of rotatable bonds is 6. The monoisotopic (exact) mass is 572 g/mol. The zero-order chi connectivity index (χ0) is 30.1. The maximum atomic E-state index is 13.2. The number of ether oxygens (including phenoxy) is 1. The van der Waals surface area contributed by atoms with Gasteiger partial charge in [-0.25, -0.2) is 8.78 Å². The number of nitrogens with one attached hydrogen (secondary N) is 1. The van der Waals surface area contributed by atoms with Crippen molar-refractivity contribution in [3.05, 3.63) is 83.5 Å². The van der Waals surface area contributed by atoms with Gasteiger partial charge in [0.1, 0.15) is 11.8 Å². The lowest BCUT2D eigenvalue weighted by Gasteiger charge is -2.23. The third kappa shape index (κ3) is 10.8. The molecule has 1 amide bonds. The highest BCUT2D eigenvalue weighted by molar-refractivity contribution is 8.14. The number of alkyl halides is 2. The van der Waals surface area contributed by atoms with Crippen LogP contribution in [-0.2, 0) is 4.74 Å². The molecule has 2 heterocycles. The van der Waals surface area contributed by atoms with Gasteiger partial charge in [-0.1, -0.05) is 57.7 Å². The molecule has 1 aliphatic heterocycles. The Morgan fingerprint density at radius 2 is 1.85 bits per heavy atom. The van der Waals surface area contributed by atoms with E-state index in [2.05, 4.69) is 15.3 Å². The Hall–Kier alpha value is -3.75. The molecular weight excluding hydrogens is 534 g/mol. The summed E-state index contributed by atoms with van der Waals surface area (Å²) in [6, 6.07) is 11.4. The van der Waals surface area contributed by atoms with Crippen molar-refractivity contribution in [1.82, 2.24) is 10.3 Å². The molecule has 11 heteroatoms. The number of nitrogens with zero attached hydrogens (tertiary/aromatic N) is 3. The molecule has 1 aliphatic carbocycles. The number of nitriles is 1. The molecule has 0 bridgehead atoms. The maximum absolute atomic E-state index is 13.2. The van der Waals surface area contributed by atoms with Crippen LogP contribution in [0.1, 0.15) is 62.0 Å². The van der Waals surface area contributed by atoms with Crippen LogP contribution < -0.4 is 16.8 Å². The molecule has 5 N–H and O–H groups in total. The van der Waals surface area contributed by atoms with Gasteiger partial charge in [-0.2, -0.15) is 10.3 Å². The average Bonchev–Trinajstić information content (AvgIpc) is 3.85. The summed E-state index contributed by atoms with van der Waals surface area (Å²) in [5, 5.41) is 10.7. The minimum atomic E-state index is -2.63. The van der Waals surface area contributed by atoms with Crippen LogP contribution in [0.5, 0.6) is 0 Å². The van der Waals surface area contributed by atoms with Crippen LogP contribution in [-0.4, -0.2) is 41.0 Å². The number of allylic oxidation sites excluding steroid dienone is 1. The Balaban J connectivity index is 0.000000561. The van der Waals surface area contributed by atoms with Crippen LogP contribution in [0.4, 0.5) is 8.78 Å². The molecule has 2 unspecified atom stereocenters. The van der Waals surface area contributed by atoms with Crippen molar-refractivity contribution < 1.29 is 18.3 Å². The first-order valence-electron chi connectivity index (χ1n) is 13.0. The van der Waals surface area contributed by atoms with Crippen molar-refractivity contribution in [2.45, 2.75) is 58.4 Å². The summed E-state index contributed by atoms with van der Waals surface area (Å²) in [5.41, 5.74) is 13.4. The molecule has 1 aromatic carbocycles. The van der Waals surface area contributed by atoms with Crippen molar-refractivity contribution in [3.63, 3.8) is 0 Å². The number of thioether (sulfide) groups is 1. The Bertz CT molecular complexity index is 1190. The minimum absolute atomic E-state index is 0.0689. The summed E-state index contributed by atoms with van der Waals surface area (Å²) in [6.07, 6.45) is 4.95. The number of dihydropyridines is 1. The number of nitrogens with two attached hydrogens (primary N) is 2. The van der Waals surface area contributed by atoms with Crippen LogP contribution >= 0.6 is 11.8 Å². The lowest BCUT2D eigenvalue weighted by Crippen LogP contribution is -2.33. The Morgan fingerprint density at radius 1 is 1.20 bits per heavy atom. The number of halogens is 2. The van der Waals surface area contributed by atoms with Gasteiger partial charge in [0.2, 0.25) is 0 Å². The van der Waals surface area contributed by atoms with E-state index in [1.165, 1.54) is 37.8 Å². The topological polar surface area (TPSA) is 139 Å². The molecular formula is C29H38F2N6O2S. The van der Waals surface area contributed by atoms with Gasteiger partial charge in [0.15, 0.2) is 5.17 Å². The standard InChI is InChI=1S/C18H21F2N5O2S.C7H5N.2C2H6/c1-27-14-8-24-13(15(19)20)6-11(14)12-7-23-5-4-10(12)17(26)25-18(22)28-16(21)9-2-3-9;8-6-7-4-2-1-3-5-7;2*1-2/h4-9,13,15-16,24H,2-3,21H2,1H3,(H2,22,25,26);1-5H;2*1-2H3. The third-order valence-corrected chi connectivity index (χ3v) is 6.30. The van der Waals surface area contributed by atoms with E-state index in [4.69, 9.17) is 21.5 Å². The molecule has 0 spiro atoms. The predicted molar refractivity (Wildman–Crippen MR) is 158 cm³/mol. The molecule has 4 rings (SSSR count). The predicted octanol–water partition coefficient (Wildman–Crippen LogP) is 5.68. The highest BCUT2D eigenvalue weighted by atomic mass is 32.2. The van der Waals surface area contributed by atoms with Gasteiger partial charge in [0, 0.05) is 29.7 Å². The van der Waals surface area contributed by atoms with E-state index in [-0.39, 0.29) is 16.1 Å². The van der Waals surface area contributed by atoms with Crippen molar-refractivity contribution in [3.8, 4) is 6.07 Å². The largest absolute Gasteiger partial charge is 0.495 e. The summed E-state index contributed by atoms with van der Waals surface area (Å²) in [4.78, 5) is 20.6. The van der Waals surface area contributed by atoms with Crippen molar-refractivity contribution >= 4 is 28.4 Å². The van der Waals surface area contributed by atoms with Gasteiger partial charge in [-0.3, -0.25) is 9.78 Å². The number of amidine groups is 1. The van der Waals surface area contributed by atoms with Gasteiger partial charge in [0.05, 0.1) is 29.7 Å². The van der Waals surface area contributed by atoms with Gasteiger partial charge >= 0.3 is 0 Å². The van der Waals surface area contributed by atoms with Gasteiger partial charge in [-0.15, -0.1) is 0 Å². The number of carbonyl (C=O) groups excluding carboxylic acids is 1. The van der Waals surface area contributed by atoms with Crippen LogP contribution in [0.2, 0.25) is 0 Å². The van der Waals surface area contributed by atoms with E-state index in [1.807, 2.05) is 52.0 Å². The SMILES string of the molecule is CC.CC.COC1=CNC(C(F)F)C=C1c1cnccc1C(=O)N=C(N)SC(N)C1CC1.N#Cc1ccccc1. The second kappa shape index (κ2) is 18.5. The van der Waals surface area contributed by atoms with Crippen LogP contribution in [0.25, 0.3) is 5.57 Å². The van der Waals surface area contributed by atoms with E-state index in [0.29, 0.717) is 28.4 Å². The molecule has 2 aliphatic rings. The lowest BCUT2D eigenvalue weighted by atomic mass is 9.96. The average molecular weight is 573 g/mol. The molecule has 1 saturated carbocycles. The number of aliphatic imine (C=N–C) groups is 1. The summed E-state index contributed by atoms with van der Waals surface area (Å²) in [5.74, 6) is 0.0980. The fraction of sp³-hybridized carbons (Fsp3) is 0.379. The fourth-order valence-corrected chi connectivity index (χ4v) is 4.13. The second-order valence-corrected chi connectivity index (χ2v) is 9.09. The number of benzene rings is 1. The molecule has 0 saturated heterocycles. The van der Waals surface area contributed by atoms with E-state index in [1.54, 1.807) is 12.1 Å². The molecule has 2 aromatic rings. The van der Waals surface area contributed by atoms with E-state index in [9.17, 15) is 13.6 Å². The van der Waals surface area contributed by atoms with E-state index >= 15 is 0 Å². The molecule has 8 nitrogen and oxygen atoms in total. The molecule has 0 radical (unpaired) electrons. The number of hydrogen-bond acceptors (Lipinski definition) is 7. The summed E-state index contributed by atoms with van der Waals surface area (Å²) >= 11 is 1.15. The number of methoxy groups -OCH3 is 1. The first-order valence-corrected chi connectivity index (χ1v) is 13.9. The van der Waals surface area contributed by atoms with Crippen molar-refractivity contribution in [2.75, 3.05) is 7.11 Å². The number of carbonyl (C=O) groups is 1. The summed E-state index contributed by atoms with van der Waals surface area (Å²) in [7, 11) is 1.41. The molecule has 216 valence electrons. The Morgan fingerprint density at radius 3 is 2.38 bits per heavy atom. The first kappa shape index (κ1) is 34.3. The number of amides is 1. The first-order chi connectivity index (χ1) is 19.3. The summed E-state index contributed by atoms with van der Waals surface area (Å²) < 4.78 is 31.6. The highest BCUT2D eigenvalue weighted by Gasteiger charge is 2.30. The number of pyridine rings is 1. The zero-order valence-electron chi connectivity index (χ0n) is 23.5. The quantitative estimate of drug-likeness (QED) is 0.228. The molecule has 40 heavy (non-hydrogen) atoms. The van der Waals surface area contributed by atoms with E-state index < -0.39 is 18.4 Å². The molecule has 2 atom stereocenters. The minimum Gasteiger partial charge on any atom is -0.495 e. The zero-order valence-corrected chi connectivity index (χ0v) is 24.3. The van der Waals surface area contributed by atoms with Crippen molar-refractivity contribution in [2.24, 2.45) is 22.4 Å². The summed E-state index contributed by atoms with van der Waals surface area (Å²) in [6.45, 7) is 8.00. The molecule has 1 fully saturated rings. The molecule has 1 aromatic heterocycles. The second-order valence-electron chi connectivity index (χ2n) is 7.89. The number of aromatic nitrogens is 1. The Labute approximate surface area is 239 Å².